The highest BCUT2D eigenvalue weighted by atomic mass is 19.1. The molecular weight excluding hydrogens is 429 g/mol. The van der Waals surface area contributed by atoms with Gasteiger partial charge in [0, 0.05) is 63.1 Å². The second-order valence-electron chi connectivity index (χ2n) is 8.56. The molecule has 8 heteroatoms. The van der Waals surface area contributed by atoms with Crippen molar-refractivity contribution < 1.29 is 4.39 Å². The highest BCUT2D eigenvalue weighted by Gasteiger charge is 2.23. The van der Waals surface area contributed by atoms with E-state index in [0.717, 1.165) is 74.1 Å². The maximum atomic E-state index is 15.3. The van der Waals surface area contributed by atoms with E-state index in [1.165, 1.54) is 12.4 Å². The predicted molar refractivity (Wildman–Crippen MR) is 138 cm³/mol. The summed E-state index contributed by atoms with van der Waals surface area (Å²) < 4.78 is 15.3. The number of piperazine rings is 1. The number of rotatable bonds is 8. The lowest BCUT2D eigenvalue weighted by Gasteiger charge is -2.37. The average molecular weight is 464 g/mol. The number of pyridine rings is 2. The van der Waals surface area contributed by atoms with Gasteiger partial charge in [-0.1, -0.05) is 26.5 Å². The molecule has 0 saturated carbocycles. The third-order valence-electron chi connectivity index (χ3n) is 6.65. The molecule has 1 fully saturated rings. The molecule has 1 aliphatic rings. The van der Waals surface area contributed by atoms with Crippen molar-refractivity contribution in [1.82, 2.24) is 24.8 Å². The van der Waals surface area contributed by atoms with Crippen molar-refractivity contribution in [2.75, 3.05) is 57.3 Å². The maximum Gasteiger partial charge on any atom is 0.165 e. The number of hydrogen-bond donors (Lipinski definition) is 2. The van der Waals surface area contributed by atoms with Crippen LogP contribution in [0, 0.1) is 5.82 Å². The zero-order chi connectivity index (χ0) is 24.1. The maximum absolute atomic E-state index is 15.3. The summed E-state index contributed by atoms with van der Waals surface area (Å²) in [4.78, 5) is 18.8. The molecule has 0 bridgehead atoms. The average Bonchev–Trinajstić information content (AvgIpc) is 3.23. The topological polar surface area (TPSA) is 77.3 Å². The Morgan fingerprint density at radius 1 is 1.24 bits per heavy atom. The fraction of sp³-hybridized carbons (Fsp3) is 0.385. The van der Waals surface area contributed by atoms with Crippen LogP contribution in [0.3, 0.4) is 0 Å². The van der Waals surface area contributed by atoms with Crippen molar-refractivity contribution >= 4 is 34.6 Å². The van der Waals surface area contributed by atoms with Crippen molar-refractivity contribution in [2.45, 2.75) is 13.8 Å². The number of aromatic amines is 1. The highest BCUT2D eigenvalue weighted by molar-refractivity contribution is 5.96. The summed E-state index contributed by atoms with van der Waals surface area (Å²) in [6, 6.07) is 3.82. The van der Waals surface area contributed by atoms with Gasteiger partial charge in [-0.05, 0) is 36.4 Å². The van der Waals surface area contributed by atoms with Crippen LogP contribution in [0.2, 0.25) is 0 Å². The second-order valence-corrected chi connectivity index (χ2v) is 8.56. The molecule has 0 aliphatic carbocycles. The molecule has 3 aromatic rings. The Bertz CT molecular complexity index is 1240. The molecule has 0 atom stereocenters. The van der Waals surface area contributed by atoms with Crippen molar-refractivity contribution in [2.24, 2.45) is 5.73 Å². The minimum absolute atomic E-state index is 0.326. The SMILES string of the molecule is C=C(/C=c1\c(=C/N)[nH]c2ncc(F)c(N3CCN(CCN(CC)CC)CC3)c12)c1cccnc1. The summed E-state index contributed by atoms with van der Waals surface area (Å²) in [7, 11) is 0. The van der Waals surface area contributed by atoms with Gasteiger partial charge in [-0.2, -0.15) is 0 Å². The molecule has 34 heavy (non-hydrogen) atoms. The molecule has 7 nitrogen and oxygen atoms in total. The van der Waals surface area contributed by atoms with Gasteiger partial charge in [0.15, 0.2) is 5.82 Å². The van der Waals surface area contributed by atoms with Crippen LogP contribution in [0.5, 0.6) is 0 Å². The minimum atomic E-state index is -0.326. The Morgan fingerprint density at radius 3 is 2.65 bits per heavy atom. The normalized spacial score (nSPS) is 16.2. The van der Waals surface area contributed by atoms with Crippen LogP contribution < -0.4 is 21.2 Å². The largest absolute Gasteiger partial charge is 0.403 e. The zero-order valence-corrected chi connectivity index (χ0v) is 20.1. The Balaban J connectivity index is 1.67. The molecule has 0 unspecified atom stereocenters. The summed E-state index contributed by atoms with van der Waals surface area (Å²) in [6.45, 7) is 16.1. The lowest BCUT2D eigenvalue weighted by atomic mass is 10.1. The lowest BCUT2D eigenvalue weighted by molar-refractivity contribution is 0.206. The predicted octanol–water partition coefficient (Wildman–Crippen LogP) is 1.75. The van der Waals surface area contributed by atoms with Crippen LogP contribution in [0.4, 0.5) is 10.1 Å². The number of allylic oxidation sites excluding steroid dienone is 1. The molecule has 0 spiro atoms. The first-order valence-corrected chi connectivity index (χ1v) is 11.9. The fourth-order valence-electron chi connectivity index (χ4n) is 4.58. The van der Waals surface area contributed by atoms with E-state index in [0.29, 0.717) is 16.7 Å². The summed E-state index contributed by atoms with van der Waals surface area (Å²) in [5.41, 5.74) is 8.78. The van der Waals surface area contributed by atoms with E-state index in [1.807, 2.05) is 18.2 Å². The van der Waals surface area contributed by atoms with E-state index in [4.69, 9.17) is 5.73 Å². The zero-order valence-electron chi connectivity index (χ0n) is 20.1. The number of nitrogens with one attached hydrogen (secondary N) is 1. The molecule has 0 radical (unpaired) electrons. The van der Waals surface area contributed by atoms with Crippen molar-refractivity contribution in [3.63, 3.8) is 0 Å². The summed E-state index contributed by atoms with van der Waals surface area (Å²) in [5.74, 6) is -0.326. The first-order chi connectivity index (χ1) is 16.5. The molecule has 0 amide bonds. The van der Waals surface area contributed by atoms with Gasteiger partial charge in [0.05, 0.1) is 22.6 Å². The Hall–Kier alpha value is -3.23. The Morgan fingerprint density at radius 2 is 2.00 bits per heavy atom. The third-order valence-corrected chi connectivity index (χ3v) is 6.65. The smallest absolute Gasteiger partial charge is 0.165 e. The van der Waals surface area contributed by atoms with Crippen molar-refractivity contribution in [3.8, 4) is 0 Å². The first kappa shape index (κ1) is 23.9. The molecule has 1 saturated heterocycles. The van der Waals surface area contributed by atoms with E-state index in [-0.39, 0.29) is 5.82 Å². The van der Waals surface area contributed by atoms with Crippen LogP contribution in [0.15, 0.2) is 37.3 Å². The summed E-state index contributed by atoms with van der Waals surface area (Å²) in [6.07, 6.45) is 8.20. The number of nitrogens with two attached hydrogens (primary N) is 1. The lowest BCUT2D eigenvalue weighted by Crippen LogP contribution is -2.49. The monoisotopic (exact) mass is 463 g/mol. The van der Waals surface area contributed by atoms with Crippen molar-refractivity contribution in [3.05, 3.63) is 59.3 Å². The third kappa shape index (κ3) is 4.98. The van der Waals surface area contributed by atoms with Gasteiger partial charge in [-0.3, -0.25) is 9.88 Å². The van der Waals surface area contributed by atoms with Crippen LogP contribution in [-0.2, 0) is 0 Å². The molecular formula is C26H34FN7. The minimum Gasteiger partial charge on any atom is -0.403 e. The van der Waals surface area contributed by atoms with E-state index in [9.17, 15) is 0 Å². The number of H-pyrrole nitrogens is 1. The molecule has 4 rings (SSSR count). The van der Waals surface area contributed by atoms with Crippen LogP contribution in [0.1, 0.15) is 19.4 Å². The molecule has 0 aromatic carbocycles. The Kier molecular flexibility index (Phi) is 7.59. The number of nitrogens with zero attached hydrogens (tertiary/aromatic N) is 5. The molecule has 1 aliphatic heterocycles. The first-order valence-electron chi connectivity index (χ1n) is 11.9. The molecule has 3 N–H and O–H groups in total. The van der Waals surface area contributed by atoms with Gasteiger partial charge in [-0.15, -0.1) is 0 Å². The quantitative estimate of drug-likeness (QED) is 0.530. The summed E-state index contributed by atoms with van der Waals surface area (Å²) in [5, 5.41) is 2.22. The van der Waals surface area contributed by atoms with Crippen LogP contribution in [0.25, 0.3) is 28.9 Å². The van der Waals surface area contributed by atoms with Gasteiger partial charge >= 0.3 is 0 Å². The van der Waals surface area contributed by atoms with Gasteiger partial charge in [0.1, 0.15) is 5.65 Å². The van der Waals surface area contributed by atoms with Gasteiger partial charge in [0.25, 0.3) is 0 Å². The highest BCUT2D eigenvalue weighted by Crippen LogP contribution is 2.26. The van der Waals surface area contributed by atoms with E-state index >= 15 is 4.39 Å². The van der Waals surface area contributed by atoms with E-state index in [2.05, 4.69) is 50.1 Å². The number of likely N-dealkylation sites (N-methyl/N-ethyl adjacent to an activating group) is 1. The number of anilines is 1. The summed E-state index contributed by atoms with van der Waals surface area (Å²) >= 11 is 0. The van der Waals surface area contributed by atoms with Crippen molar-refractivity contribution in [1.29, 1.82) is 0 Å². The number of aromatic nitrogens is 3. The van der Waals surface area contributed by atoms with E-state index < -0.39 is 0 Å². The number of hydrogen-bond acceptors (Lipinski definition) is 6. The van der Waals surface area contributed by atoms with Gasteiger partial charge in [0.2, 0.25) is 0 Å². The molecule has 180 valence electrons. The standard InChI is InChI=1S/C26H34FN7/c1-4-32(5-2)9-10-33-11-13-34(14-12-33)25-22(27)18-30-26-24(25)21(23(16-28)31-26)15-19(3)20-7-6-8-29-17-20/h6-8,15-18H,3-5,9-14,28H2,1-2H3,(H,30,31)/b21-15+,23-16+. The van der Waals surface area contributed by atoms with Gasteiger partial charge < -0.3 is 20.5 Å². The molecule has 3 aromatic heterocycles. The van der Waals surface area contributed by atoms with Gasteiger partial charge in [-0.25, -0.2) is 9.37 Å². The number of fused-ring (bicyclic) bond motifs is 1. The van der Waals surface area contributed by atoms with Crippen LogP contribution in [-0.4, -0.2) is 77.1 Å². The molecule has 4 heterocycles. The Labute approximate surface area is 200 Å². The fourth-order valence-corrected chi connectivity index (χ4v) is 4.58. The van der Waals surface area contributed by atoms with Crippen LogP contribution >= 0.6 is 0 Å². The number of halogens is 1. The second kappa shape index (κ2) is 10.8. The van der Waals surface area contributed by atoms with E-state index in [1.54, 1.807) is 12.4 Å².